The molecule has 102 valence electrons. The molecule has 0 aliphatic heterocycles. The van der Waals surface area contributed by atoms with Crippen molar-refractivity contribution in [1.82, 2.24) is 5.32 Å². The lowest BCUT2D eigenvalue weighted by atomic mass is 10.0. The molecule has 0 aliphatic rings. The lowest BCUT2D eigenvalue weighted by molar-refractivity contribution is 0.0463. The molecule has 0 aromatic heterocycles. The van der Waals surface area contributed by atoms with Crippen LogP contribution in [-0.4, -0.2) is 19.3 Å². The zero-order valence-corrected chi connectivity index (χ0v) is 12.8. The fourth-order valence-electron chi connectivity index (χ4n) is 1.95. The molecule has 1 N–H and O–H groups in total. The SMILES string of the molecule is CCCNC(c1cccc(Br)c1F)C(C)OCC. The van der Waals surface area contributed by atoms with Gasteiger partial charge in [-0.15, -0.1) is 0 Å². The van der Waals surface area contributed by atoms with Crippen LogP contribution in [0.3, 0.4) is 0 Å². The fourth-order valence-corrected chi connectivity index (χ4v) is 2.33. The molecule has 1 rings (SSSR count). The van der Waals surface area contributed by atoms with Gasteiger partial charge in [-0.05, 0) is 48.8 Å². The van der Waals surface area contributed by atoms with Gasteiger partial charge in [0, 0.05) is 12.2 Å². The van der Waals surface area contributed by atoms with Crippen molar-refractivity contribution in [2.75, 3.05) is 13.2 Å². The summed E-state index contributed by atoms with van der Waals surface area (Å²) in [6.07, 6.45) is 0.940. The van der Waals surface area contributed by atoms with E-state index in [0.29, 0.717) is 16.6 Å². The minimum Gasteiger partial charge on any atom is -0.377 e. The van der Waals surface area contributed by atoms with Gasteiger partial charge in [0.15, 0.2) is 0 Å². The van der Waals surface area contributed by atoms with E-state index in [1.54, 1.807) is 6.07 Å². The summed E-state index contributed by atoms with van der Waals surface area (Å²) >= 11 is 3.23. The minimum absolute atomic E-state index is 0.0645. The van der Waals surface area contributed by atoms with Crippen LogP contribution in [0, 0.1) is 5.82 Å². The van der Waals surface area contributed by atoms with Crippen LogP contribution in [0.1, 0.15) is 38.8 Å². The van der Waals surface area contributed by atoms with Crippen molar-refractivity contribution in [3.05, 3.63) is 34.1 Å². The van der Waals surface area contributed by atoms with Gasteiger partial charge in [0.1, 0.15) is 5.82 Å². The van der Waals surface area contributed by atoms with Gasteiger partial charge in [0.2, 0.25) is 0 Å². The first-order valence-electron chi connectivity index (χ1n) is 6.40. The molecule has 0 saturated heterocycles. The maximum Gasteiger partial charge on any atom is 0.142 e. The third kappa shape index (κ3) is 4.04. The molecule has 0 spiro atoms. The third-order valence-electron chi connectivity index (χ3n) is 2.83. The highest BCUT2D eigenvalue weighted by atomic mass is 79.9. The van der Waals surface area contributed by atoms with Crippen molar-refractivity contribution >= 4 is 15.9 Å². The lowest BCUT2D eigenvalue weighted by Crippen LogP contribution is -2.33. The normalized spacial score (nSPS) is 14.5. The molecule has 1 aromatic carbocycles. The van der Waals surface area contributed by atoms with Crippen LogP contribution in [-0.2, 0) is 4.74 Å². The number of benzene rings is 1. The number of nitrogens with one attached hydrogen (secondary N) is 1. The van der Waals surface area contributed by atoms with Gasteiger partial charge in [-0.3, -0.25) is 0 Å². The second kappa shape index (κ2) is 7.87. The van der Waals surface area contributed by atoms with E-state index in [1.165, 1.54) is 0 Å². The molecule has 0 saturated carbocycles. The van der Waals surface area contributed by atoms with E-state index in [2.05, 4.69) is 28.2 Å². The summed E-state index contributed by atoms with van der Waals surface area (Å²) in [5, 5.41) is 3.35. The van der Waals surface area contributed by atoms with E-state index >= 15 is 0 Å². The second-order valence-electron chi connectivity index (χ2n) is 4.24. The molecular formula is C14H21BrFNO. The summed E-state index contributed by atoms with van der Waals surface area (Å²) < 4.78 is 20.2. The molecular weight excluding hydrogens is 297 g/mol. The molecule has 0 radical (unpaired) electrons. The Hall–Kier alpha value is -0.450. The summed E-state index contributed by atoms with van der Waals surface area (Å²) in [5.74, 6) is -0.211. The van der Waals surface area contributed by atoms with Crippen molar-refractivity contribution in [2.45, 2.75) is 39.3 Å². The predicted molar refractivity (Wildman–Crippen MR) is 76.2 cm³/mol. The summed E-state index contributed by atoms with van der Waals surface area (Å²) in [5.41, 5.74) is 0.652. The molecule has 0 amide bonds. The zero-order chi connectivity index (χ0) is 13.5. The summed E-state index contributed by atoms with van der Waals surface area (Å²) in [7, 11) is 0. The number of ether oxygens (including phenoxy) is 1. The number of rotatable bonds is 7. The monoisotopic (exact) mass is 317 g/mol. The van der Waals surface area contributed by atoms with Crippen LogP contribution in [0.4, 0.5) is 4.39 Å². The Morgan fingerprint density at radius 1 is 1.39 bits per heavy atom. The quantitative estimate of drug-likeness (QED) is 0.819. The van der Waals surface area contributed by atoms with Crippen LogP contribution in [0.2, 0.25) is 0 Å². The predicted octanol–water partition coefficient (Wildman–Crippen LogP) is 4.05. The Kier molecular flexibility index (Phi) is 6.82. The molecule has 2 atom stereocenters. The number of hydrogen-bond donors (Lipinski definition) is 1. The first-order valence-corrected chi connectivity index (χ1v) is 7.20. The van der Waals surface area contributed by atoms with E-state index in [9.17, 15) is 4.39 Å². The molecule has 1 aromatic rings. The molecule has 2 unspecified atom stereocenters. The summed E-state index contributed by atoms with van der Waals surface area (Å²) in [6.45, 7) is 7.48. The van der Waals surface area contributed by atoms with Gasteiger partial charge in [-0.25, -0.2) is 4.39 Å². The maximum absolute atomic E-state index is 14.1. The number of halogens is 2. The Labute approximate surface area is 117 Å². The lowest BCUT2D eigenvalue weighted by Gasteiger charge is -2.26. The Morgan fingerprint density at radius 3 is 2.72 bits per heavy atom. The topological polar surface area (TPSA) is 21.3 Å². The molecule has 0 fully saturated rings. The Morgan fingerprint density at radius 2 is 2.11 bits per heavy atom. The third-order valence-corrected chi connectivity index (χ3v) is 3.44. The smallest absolute Gasteiger partial charge is 0.142 e. The highest BCUT2D eigenvalue weighted by molar-refractivity contribution is 9.10. The van der Waals surface area contributed by atoms with Gasteiger partial charge in [-0.2, -0.15) is 0 Å². The molecule has 0 heterocycles. The summed E-state index contributed by atoms with van der Waals surface area (Å²) in [6, 6.07) is 5.24. The average molecular weight is 318 g/mol. The fraction of sp³-hybridized carbons (Fsp3) is 0.571. The van der Waals surface area contributed by atoms with Crippen LogP contribution in [0.15, 0.2) is 22.7 Å². The Bertz CT molecular complexity index is 373. The van der Waals surface area contributed by atoms with Crippen molar-refractivity contribution < 1.29 is 9.13 Å². The highest BCUT2D eigenvalue weighted by Gasteiger charge is 2.22. The molecule has 0 aliphatic carbocycles. The van der Waals surface area contributed by atoms with Crippen molar-refractivity contribution in [2.24, 2.45) is 0 Å². The zero-order valence-electron chi connectivity index (χ0n) is 11.2. The van der Waals surface area contributed by atoms with E-state index in [1.807, 2.05) is 26.0 Å². The largest absolute Gasteiger partial charge is 0.377 e. The standard InChI is InChI=1S/C14H21BrFNO/c1-4-9-17-14(10(3)18-5-2)11-7-6-8-12(15)13(11)16/h6-8,10,14,17H,4-5,9H2,1-3H3. The van der Waals surface area contributed by atoms with Crippen LogP contribution >= 0.6 is 15.9 Å². The van der Waals surface area contributed by atoms with E-state index in [4.69, 9.17) is 4.74 Å². The van der Waals surface area contributed by atoms with Crippen LogP contribution in [0.25, 0.3) is 0 Å². The van der Waals surface area contributed by atoms with Crippen LogP contribution < -0.4 is 5.32 Å². The first-order chi connectivity index (χ1) is 8.61. The highest BCUT2D eigenvalue weighted by Crippen LogP contribution is 2.27. The van der Waals surface area contributed by atoms with Crippen LogP contribution in [0.5, 0.6) is 0 Å². The average Bonchev–Trinajstić information content (AvgIpc) is 2.35. The van der Waals surface area contributed by atoms with Gasteiger partial charge in [0.25, 0.3) is 0 Å². The minimum atomic E-state index is -0.211. The van der Waals surface area contributed by atoms with Crippen molar-refractivity contribution in [3.8, 4) is 0 Å². The van der Waals surface area contributed by atoms with E-state index in [-0.39, 0.29) is 18.0 Å². The van der Waals surface area contributed by atoms with Crippen molar-refractivity contribution in [3.63, 3.8) is 0 Å². The van der Waals surface area contributed by atoms with Gasteiger partial charge >= 0.3 is 0 Å². The van der Waals surface area contributed by atoms with Gasteiger partial charge in [-0.1, -0.05) is 19.1 Å². The molecule has 0 bridgehead atoms. The molecule has 2 nitrogen and oxygen atoms in total. The maximum atomic E-state index is 14.1. The second-order valence-corrected chi connectivity index (χ2v) is 5.09. The molecule has 4 heteroatoms. The molecule has 18 heavy (non-hydrogen) atoms. The van der Waals surface area contributed by atoms with Gasteiger partial charge in [0.05, 0.1) is 16.6 Å². The van der Waals surface area contributed by atoms with E-state index in [0.717, 1.165) is 13.0 Å². The Balaban J connectivity index is 2.97. The summed E-state index contributed by atoms with van der Waals surface area (Å²) in [4.78, 5) is 0. The van der Waals surface area contributed by atoms with E-state index < -0.39 is 0 Å². The number of hydrogen-bond acceptors (Lipinski definition) is 2. The van der Waals surface area contributed by atoms with Gasteiger partial charge < -0.3 is 10.1 Å². The first kappa shape index (κ1) is 15.6. The van der Waals surface area contributed by atoms with Crippen molar-refractivity contribution in [1.29, 1.82) is 0 Å².